The van der Waals surface area contributed by atoms with E-state index in [1.54, 1.807) is 39.8 Å². The number of hydrogen-bond donors (Lipinski definition) is 4. The summed E-state index contributed by atoms with van der Waals surface area (Å²) in [6.07, 6.45) is 3.19. The molecule has 0 heterocycles. The number of carbonyl (C=O) groups is 8. The summed E-state index contributed by atoms with van der Waals surface area (Å²) in [7, 11) is 6.35. The average Bonchev–Trinajstić information content (AvgIpc) is 3.58. The van der Waals surface area contributed by atoms with Crippen molar-refractivity contribution in [1.29, 1.82) is 0 Å². The van der Waals surface area contributed by atoms with E-state index in [0.29, 0.717) is 11.3 Å². The van der Waals surface area contributed by atoms with Gasteiger partial charge in [0, 0.05) is 37.7 Å². The Hall–Kier alpha value is -4.90. The predicted molar refractivity (Wildman–Crippen MR) is 195 cm³/mol. The van der Waals surface area contributed by atoms with Crippen molar-refractivity contribution in [3.8, 4) is 5.75 Å². The lowest BCUT2D eigenvalue weighted by Crippen LogP contribution is -2.74. The quantitative estimate of drug-likeness (QED) is 0.113. The van der Waals surface area contributed by atoms with Crippen LogP contribution in [-0.4, -0.2) is 126 Å². The van der Waals surface area contributed by atoms with Gasteiger partial charge in [0.2, 0.25) is 18.6 Å². The molecule has 3 saturated carbocycles. The van der Waals surface area contributed by atoms with Crippen LogP contribution in [0.2, 0.25) is 0 Å². The van der Waals surface area contributed by atoms with Gasteiger partial charge in [-0.1, -0.05) is 12.8 Å². The minimum Gasteiger partial charge on any atom is -0.505 e. The zero-order valence-corrected chi connectivity index (χ0v) is 32.3. The van der Waals surface area contributed by atoms with E-state index in [1.807, 2.05) is 0 Å². The first kappa shape index (κ1) is 41.3. The maximum atomic E-state index is 14.3. The number of aromatic hydroxyl groups is 1. The first-order valence-corrected chi connectivity index (χ1v) is 18.4. The van der Waals surface area contributed by atoms with Gasteiger partial charge in [0.1, 0.15) is 12.3 Å². The van der Waals surface area contributed by atoms with E-state index in [1.165, 1.54) is 25.1 Å². The predicted octanol–water partition coefficient (Wildman–Crippen LogP) is 1.19. The van der Waals surface area contributed by atoms with Gasteiger partial charge < -0.3 is 35.6 Å². The third-order valence-corrected chi connectivity index (χ3v) is 11.5. The van der Waals surface area contributed by atoms with Gasteiger partial charge in [-0.05, 0) is 84.0 Å². The highest BCUT2D eigenvalue weighted by Crippen LogP contribution is 2.52. The number of fused-ring (bicyclic) bond motifs is 3. The summed E-state index contributed by atoms with van der Waals surface area (Å²) in [6.45, 7) is 3.75. The fourth-order valence-electron chi connectivity index (χ4n) is 8.79. The summed E-state index contributed by atoms with van der Waals surface area (Å²) in [5, 5.41) is 26.0. The molecule has 0 aromatic heterocycles. The highest BCUT2D eigenvalue weighted by atomic mass is 16.7. The van der Waals surface area contributed by atoms with Crippen molar-refractivity contribution in [2.24, 2.45) is 35.3 Å². The van der Waals surface area contributed by atoms with Crippen LogP contribution in [0.3, 0.4) is 0 Å². The molecule has 4 aliphatic rings. The Kier molecular flexibility index (Phi) is 11.5. The van der Waals surface area contributed by atoms with Crippen molar-refractivity contribution in [2.75, 3.05) is 51.7 Å². The molecule has 0 radical (unpaired) electrons. The minimum atomic E-state index is -2.89. The Balaban J connectivity index is 1.40. The molecule has 2 unspecified atom stereocenters. The van der Waals surface area contributed by atoms with Gasteiger partial charge in [-0.15, -0.1) is 0 Å². The summed E-state index contributed by atoms with van der Waals surface area (Å²) in [4.78, 5) is 111. The number of benzene rings is 1. The minimum absolute atomic E-state index is 0.0238. The van der Waals surface area contributed by atoms with E-state index in [0.717, 1.165) is 30.6 Å². The van der Waals surface area contributed by atoms with Crippen LogP contribution < -0.4 is 16.0 Å². The van der Waals surface area contributed by atoms with Crippen molar-refractivity contribution in [2.45, 2.75) is 82.9 Å². The molecule has 17 nitrogen and oxygen atoms in total. The van der Waals surface area contributed by atoms with Crippen molar-refractivity contribution in [1.82, 2.24) is 9.80 Å². The van der Waals surface area contributed by atoms with Crippen LogP contribution in [0.5, 0.6) is 5.75 Å². The Bertz CT molecular complexity index is 1810. The smallest absolute Gasteiger partial charge is 0.413 e. The SMILES string of the molecule is CN(C)c1cc(NC(=O)CN(C(=O)OCOC(=O)CC2CCCC2)C(C)(C)C)c(O)c2c1C[C@H]1C[C@H]3[C@H](N(C)C)C(=O)C(C(N)=O)C(=O)[C@@]3(O)C(=O)C1C2=O. The monoisotopic (exact) mass is 769 g/mol. The van der Waals surface area contributed by atoms with Crippen LogP contribution in [-0.2, 0) is 44.7 Å². The first-order valence-electron chi connectivity index (χ1n) is 18.4. The topological polar surface area (TPSA) is 243 Å². The molecule has 17 heteroatoms. The van der Waals surface area contributed by atoms with E-state index in [-0.39, 0.29) is 36.4 Å². The normalized spacial score (nSPS) is 26.5. The van der Waals surface area contributed by atoms with E-state index in [4.69, 9.17) is 15.2 Å². The Labute approximate surface area is 318 Å². The third kappa shape index (κ3) is 7.55. The maximum absolute atomic E-state index is 14.3. The zero-order chi connectivity index (χ0) is 40.9. The number of anilines is 2. The standard InChI is InChI=1S/C38H51N5O12/c1-37(2,3)43(36(52)55-17-54-25(45)12-18-10-8-9-11-18)16-24(44)40-22-15-23(41(4)5)20-13-19-14-21-29(42(6)7)32(48)28(35(39)51)34(50)38(21,53)33(49)26(19)31(47)27(20)30(22)46/h15,18-19,21,26,28-29,46,53H,8-14,16-17H2,1-7H3,(H2,39,51)(H,40,44)/t19-,21-,26?,28?,29-,38-/m0/s1. The second-order valence-electron chi connectivity index (χ2n) is 16.5. The van der Waals surface area contributed by atoms with Gasteiger partial charge in [0.15, 0.2) is 34.7 Å². The molecule has 55 heavy (non-hydrogen) atoms. The van der Waals surface area contributed by atoms with Gasteiger partial charge in [0.05, 0.1) is 23.2 Å². The van der Waals surface area contributed by atoms with Crippen LogP contribution in [0, 0.1) is 29.6 Å². The van der Waals surface area contributed by atoms with Crippen molar-refractivity contribution < 1.29 is 58.0 Å². The molecule has 0 bridgehead atoms. The van der Waals surface area contributed by atoms with E-state index in [2.05, 4.69) is 5.32 Å². The number of aliphatic hydroxyl groups is 1. The lowest BCUT2D eigenvalue weighted by Gasteiger charge is -2.52. The summed E-state index contributed by atoms with van der Waals surface area (Å²) in [5.74, 6) is -13.2. The van der Waals surface area contributed by atoms with Crippen LogP contribution in [0.1, 0.15) is 75.2 Å². The van der Waals surface area contributed by atoms with Crippen LogP contribution in [0.4, 0.5) is 16.2 Å². The number of nitrogens with one attached hydrogen (secondary N) is 1. The molecule has 5 N–H and O–H groups in total. The van der Waals surface area contributed by atoms with Crippen LogP contribution in [0.15, 0.2) is 6.07 Å². The fraction of sp³-hybridized carbons (Fsp3) is 0.632. The second-order valence-corrected chi connectivity index (χ2v) is 16.5. The number of esters is 1. The van der Waals surface area contributed by atoms with Gasteiger partial charge in [0.25, 0.3) is 0 Å². The van der Waals surface area contributed by atoms with Gasteiger partial charge in [-0.2, -0.15) is 0 Å². The fourth-order valence-corrected chi connectivity index (χ4v) is 8.79. The summed E-state index contributed by atoms with van der Waals surface area (Å²) >= 11 is 0. The molecule has 5 rings (SSSR count). The number of likely N-dealkylation sites (N-methyl/N-ethyl adjacent to an activating group) is 1. The molecule has 4 aliphatic carbocycles. The van der Waals surface area contributed by atoms with Crippen LogP contribution >= 0.6 is 0 Å². The molecular weight excluding hydrogens is 718 g/mol. The molecule has 0 spiro atoms. The first-order chi connectivity index (χ1) is 25.6. The zero-order valence-electron chi connectivity index (χ0n) is 32.3. The van der Waals surface area contributed by atoms with Gasteiger partial charge in [-0.3, -0.25) is 43.4 Å². The highest BCUT2D eigenvalue weighted by Gasteiger charge is 2.69. The van der Waals surface area contributed by atoms with Gasteiger partial charge in [-0.25, -0.2) is 4.79 Å². The number of hydrogen-bond acceptors (Lipinski definition) is 14. The van der Waals surface area contributed by atoms with Gasteiger partial charge >= 0.3 is 12.1 Å². The molecule has 0 saturated heterocycles. The number of Topliss-reactive ketones (excluding diaryl/α,β-unsaturated/α-hetero) is 4. The average molecular weight is 770 g/mol. The number of ether oxygens (including phenoxy) is 2. The number of nitrogens with zero attached hydrogens (tertiary/aromatic N) is 3. The molecule has 1 aromatic rings. The lowest BCUT2D eigenvalue weighted by molar-refractivity contribution is -0.181. The van der Waals surface area contributed by atoms with E-state index < -0.39 is 107 Å². The Morgan fingerprint density at radius 2 is 1.64 bits per heavy atom. The molecule has 6 atom stereocenters. The molecule has 0 aliphatic heterocycles. The van der Waals surface area contributed by atoms with E-state index in [9.17, 15) is 48.6 Å². The van der Waals surface area contributed by atoms with E-state index >= 15 is 0 Å². The Morgan fingerprint density at radius 3 is 2.20 bits per heavy atom. The second kappa shape index (κ2) is 15.3. The lowest BCUT2D eigenvalue weighted by atomic mass is 9.52. The maximum Gasteiger partial charge on any atom is 0.413 e. The number of primary amides is 1. The number of carbonyl (C=O) groups excluding carboxylic acids is 8. The van der Waals surface area contributed by atoms with Crippen LogP contribution in [0.25, 0.3) is 0 Å². The third-order valence-electron chi connectivity index (χ3n) is 11.5. The molecule has 3 amide bonds. The number of amides is 3. The molecule has 300 valence electrons. The summed E-state index contributed by atoms with van der Waals surface area (Å²) < 4.78 is 10.3. The number of rotatable bonds is 10. The summed E-state index contributed by atoms with van der Waals surface area (Å²) in [5.41, 5.74) is 1.78. The molecular formula is C38H51N5O12. The van der Waals surface area contributed by atoms with Crippen molar-refractivity contribution >= 4 is 58.4 Å². The summed E-state index contributed by atoms with van der Waals surface area (Å²) in [6, 6.07) is 0.209. The molecule has 1 aromatic carbocycles. The number of phenolic OH excluding ortho intramolecular Hbond substituents is 1. The Morgan fingerprint density at radius 1 is 1.00 bits per heavy atom. The largest absolute Gasteiger partial charge is 0.505 e. The number of phenols is 1. The molecule has 3 fully saturated rings. The highest BCUT2D eigenvalue weighted by molar-refractivity contribution is 6.32. The van der Waals surface area contributed by atoms with Crippen molar-refractivity contribution in [3.05, 3.63) is 17.2 Å². The van der Waals surface area contributed by atoms with Crippen molar-refractivity contribution in [3.63, 3.8) is 0 Å². The number of ketones is 4. The number of nitrogens with two attached hydrogens (primary N) is 1.